The van der Waals surface area contributed by atoms with Gasteiger partial charge in [-0.1, -0.05) is 19.8 Å². The summed E-state index contributed by atoms with van der Waals surface area (Å²) >= 11 is 0. The van der Waals surface area contributed by atoms with E-state index in [1.165, 1.54) is 32.1 Å². The van der Waals surface area contributed by atoms with E-state index in [0.717, 1.165) is 11.7 Å². The predicted molar refractivity (Wildman–Crippen MR) is 61.7 cm³/mol. The van der Waals surface area contributed by atoms with E-state index in [4.69, 9.17) is 0 Å². The van der Waals surface area contributed by atoms with Crippen LogP contribution in [0.3, 0.4) is 0 Å². The standard InChI is InChI=1S/C12H19N3/c1-10-4-2-5-11(8-7-10)14-12-6-3-9-13-15-12/h3,6,9-11H,2,4-5,7-8H2,1H3,(H,14,15). The zero-order valence-corrected chi connectivity index (χ0v) is 9.32. The number of nitrogens with zero attached hydrogens (tertiary/aromatic N) is 2. The molecule has 0 amide bonds. The molecule has 0 aromatic carbocycles. The van der Waals surface area contributed by atoms with Crippen molar-refractivity contribution in [3.63, 3.8) is 0 Å². The minimum atomic E-state index is 0.589. The van der Waals surface area contributed by atoms with Crippen molar-refractivity contribution < 1.29 is 0 Å². The second-order valence-electron chi connectivity index (χ2n) is 4.56. The Morgan fingerprint density at radius 2 is 2.20 bits per heavy atom. The minimum absolute atomic E-state index is 0.589. The van der Waals surface area contributed by atoms with Crippen LogP contribution in [0.5, 0.6) is 0 Å². The van der Waals surface area contributed by atoms with Crippen LogP contribution in [0.15, 0.2) is 18.3 Å². The second-order valence-corrected chi connectivity index (χ2v) is 4.56. The maximum atomic E-state index is 4.06. The summed E-state index contributed by atoms with van der Waals surface area (Å²) in [6.07, 6.45) is 8.27. The summed E-state index contributed by atoms with van der Waals surface area (Å²) in [4.78, 5) is 0. The van der Waals surface area contributed by atoms with E-state index >= 15 is 0 Å². The Kier molecular flexibility index (Phi) is 3.54. The Morgan fingerprint density at radius 1 is 1.27 bits per heavy atom. The molecule has 1 heterocycles. The molecule has 2 rings (SSSR count). The second kappa shape index (κ2) is 5.10. The Hall–Kier alpha value is -1.12. The normalized spacial score (nSPS) is 27.0. The molecule has 0 saturated heterocycles. The molecule has 1 aromatic heterocycles. The van der Waals surface area contributed by atoms with Gasteiger partial charge in [-0.15, -0.1) is 5.10 Å². The van der Waals surface area contributed by atoms with Gasteiger partial charge >= 0.3 is 0 Å². The molecule has 3 nitrogen and oxygen atoms in total. The topological polar surface area (TPSA) is 37.8 Å². The average molecular weight is 205 g/mol. The Morgan fingerprint density at radius 3 is 3.00 bits per heavy atom. The van der Waals surface area contributed by atoms with Crippen LogP contribution >= 0.6 is 0 Å². The highest BCUT2D eigenvalue weighted by Crippen LogP contribution is 2.24. The van der Waals surface area contributed by atoms with Crippen molar-refractivity contribution in [3.05, 3.63) is 18.3 Å². The van der Waals surface area contributed by atoms with Crippen LogP contribution in [0, 0.1) is 5.92 Å². The van der Waals surface area contributed by atoms with E-state index in [-0.39, 0.29) is 0 Å². The maximum Gasteiger partial charge on any atom is 0.148 e. The molecule has 1 aliphatic carbocycles. The van der Waals surface area contributed by atoms with E-state index < -0.39 is 0 Å². The van der Waals surface area contributed by atoms with Crippen molar-refractivity contribution in [2.75, 3.05) is 5.32 Å². The molecule has 15 heavy (non-hydrogen) atoms. The third-order valence-electron chi connectivity index (χ3n) is 3.18. The first kappa shape index (κ1) is 10.4. The predicted octanol–water partition coefficient (Wildman–Crippen LogP) is 2.86. The van der Waals surface area contributed by atoms with Gasteiger partial charge in [0.1, 0.15) is 5.82 Å². The van der Waals surface area contributed by atoms with E-state index in [1.54, 1.807) is 6.20 Å². The summed E-state index contributed by atoms with van der Waals surface area (Å²) in [5.41, 5.74) is 0. The Labute approximate surface area is 91.3 Å². The lowest BCUT2D eigenvalue weighted by molar-refractivity contribution is 0.501. The molecular formula is C12H19N3. The van der Waals surface area contributed by atoms with Gasteiger partial charge in [0.15, 0.2) is 0 Å². The molecule has 0 radical (unpaired) electrons. The molecule has 1 saturated carbocycles. The largest absolute Gasteiger partial charge is 0.366 e. The zero-order chi connectivity index (χ0) is 10.5. The molecule has 82 valence electrons. The zero-order valence-electron chi connectivity index (χ0n) is 9.32. The van der Waals surface area contributed by atoms with Crippen LogP contribution in [-0.2, 0) is 0 Å². The van der Waals surface area contributed by atoms with Crippen LogP contribution in [-0.4, -0.2) is 16.2 Å². The molecule has 2 unspecified atom stereocenters. The van der Waals surface area contributed by atoms with Gasteiger partial charge in [0, 0.05) is 12.2 Å². The molecule has 3 heteroatoms. The van der Waals surface area contributed by atoms with Crippen LogP contribution in [0.4, 0.5) is 5.82 Å². The average Bonchev–Trinajstić information content (AvgIpc) is 2.46. The van der Waals surface area contributed by atoms with Gasteiger partial charge in [-0.3, -0.25) is 0 Å². The van der Waals surface area contributed by atoms with Crippen molar-refractivity contribution in [2.24, 2.45) is 5.92 Å². The quantitative estimate of drug-likeness (QED) is 0.754. The van der Waals surface area contributed by atoms with Crippen LogP contribution < -0.4 is 5.32 Å². The van der Waals surface area contributed by atoms with Crippen LogP contribution in [0.2, 0.25) is 0 Å². The summed E-state index contributed by atoms with van der Waals surface area (Å²) in [5, 5.41) is 11.4. The summed E-state index contributed by atoms with van der Waals surface area (Å²) in [6, 6.07) is 4.50. The molecule has 0 aliphatic heterocycles. The fourth-order valence-electron chi connectivity index (χ4n) is 2.22. The first-order valence-electron chi connectivity index (χ1n) is 5.89. The van der Waals surface area contributed by atoms with E-state index in [9.17, 15) is 0 Å². The fourth-order valence-corrected chi connectivity index (χ4v) is 2.22. The molecule has 0 bridgehead atoms. The lowest BCUT2D eigenvalue weighted by Crippen LogP contribution is -2.19. The molecule has 0 spiro atoms. The Bertz CT molecular complexity index is 286. The SMILES string of the molecule is CC1CCCC(Nc2cccnn2)CC1. The van der Waals surface area contributed by atoms with Gasteiger partial charge < -0.3 is 5.32 Å². The Balaban J connectivity index is 1.89. The van der Waals surface area contributed by atoms with E-state index in [1.807, 2.05) is 12.1 Å². The third kappa shape index (κ3) is 3.18. The van der Waals surface area contributed by atoms with Gasteiger partial charge in [-0.05, 0) is 37.3 Å². The first-order valence-corrected chi connectivity index (χ1v) is 5.89. The van der Waals surface area contributed by atoms with Crippen molar-refractivity contribution in [1.82, 2.24) is 10.2 Å². The van der Waals surface area contributed by atoms with Gasteiger partial charge in [-0.25, -0.2) is 0 Å². The van der Waals surface area contributed by atoms with Crippen molar-refractivity contribution in [2.45, 2.75) is 45.1 Å². The van der Waals surface area contributed by atoms with Crippen molar-refractivity contribution >= 4 is 5.82 Å². The number of nitrogens with one attached hydrogen (secondary N) is 1. The number of hydrogen-bond acceptors (Lipinski definition) is 3. The molecule has 2 atom stereocenters. The molecule has 1 fully saturated rings. The van der Waals surface area contributed by atoms with Crippen LogP contribution in [0.25, 0.3) is 0 Å². The molecule has 1 N–H and O–H groups in total. The van der Waals surface area contributed by atoms with Gasteiger partial charge in [0.25, 0.3) is 0 Å². The van der Waals surface area contributed by atoms with E-state index in [2.05, 4.69) is 22.4 Å². The van der Waals surface area contributed by atoms with Gasteiger partial charge in [-0.2, -0.15) is 5.10 Å². The highest BCUT2D eigenvalue weighted by molar-refractivity contribution is 5.32. The van der Waals surface area contributed by atoms with Gasteiger partial charge in [0.2, 0.25) is 0 Å². The highest BCUT2D eigenvalue weighted by atomic mass is 15.2. The van der Waals surface area contributed by atoms with Crippen LogP contribution in [0.1, 0.15) is 39.0 Å². The van der Waals surface area contributed by atoms with E-state index in [0.29, 0.717) is 6.04 Å². The summed E-state index contributed by atoms with van der Waals surface area (Å²) < 4.78 is 0. The highest BCUT2D eigenvalue weighted by Gasteiger charge is 2.15. The molecule has 1 aliphatic rings. The maximum absolute atomic E-state index is 4.06. The van der Waals surface area contributed by atoms with Crippen molar-refractivity contribution in [3.8, 4) is 0 Å². The summed E-state index contributed by atoms with van der Waals surface area (Å²) in [6.45, 7) is 2.35. The first-order chi connectivity index (χ1) is 7.34. The summed E-state index contributed by atoms with van der Waals surface area (Å²) in [7, 11) is 0. The number of anilines is 1. The minimum Gasteiger partial charge on any atom is -0.366 e. The third-order valence-corrected chi connectivity index (χ3v) is 3.18. The summed E-state index contributed by atoms with van der Waals surface area (Å²) in [5.74, 6) is 1.80. The molecular weight excluding hydrogens is 186 g/mol. The lowest BCUT2D eigenvalue weighted by atomic mass is 10.0. The lowest BCUT2D eigenvalue weighted by Gasteiger charge is -2.16. The monoisotopic (exact) mass is 205 g/mol. The molecule has 1 aromatic rings. The number of rotatable bonds is 2. The smallest absolute Gasteiger partial charge is 0.148 e. The van der Waals surface area contributed by atoms with Crippen molar-refractivity contribution in [1.29, 1.82) is 0 Å². The number of hydrogen-bond donors (Lipinski definition) is 1. The number of aromatic nitrogens is 2. The van der Waals surface area contributed by atoms with Gasteiger partial charge in [0.05, 0.1) is 0 Å². The fraction of sp³-hybridized carbons (Fsp3) is 0.667.